The third-order valence-electron chi connectivity index (χ3n) is 5.93. The number of carbonyl (C=O) groups excluding carboxylic acids is 1. The summed E-state index contributed by atoms with van der Waals surface area (Å²) in [5, 5.41) is 0. The van der Waals surface area contributed by atoms with E-state index in [1.165, 1.54) is 89.0 Å². The Hall–Kier alpha value is -0.336. The number of hydrogen-bond donors (Lipinski definition) is 0. The van der Waals surface area contributed by atoms with Gasteiger partial charge in [0, 0.05) is 32.7 Å². The fourth-order valence-electron chi connectivity index (χ4n) is 4.34. The van der Waals surface area contributed by atoms with Gasteiger partial charge < -0.3 is 9.79 Å². The summed E-state index contributed by atoms with van der Waals surface area (Å²) >= 11 is 0. The van der Waals surface area contributed by atoms with Gasteiger partial charge in [-0.2, -0.15) is 17.8 Å². The predicted molar refractivity (Wildman–Crippen MR) is 105 cm³/mol. The molecule has 3 heteroatoms. The Kier molecular flexibility index (Phi) is 10.3. The molecule has 2 aliphatic rings. The van der Waals surface area contributed by atoms with E-state index >= 15 is 0 Å². The number of aliphatic imine (C=N–C) groups is 1. The summed E-state index contributed by atoms with van der Waals surface area (Å²) in [6, 6.07) is 6.16. The van der Waals surface area contributed by atoms with E-state index in [9.17, 15) is 4.79 Å². The molecule has 0 aromatic heterocycles. The number of rotatable bonds is 4. The minimum Gasteiger partial charge on any atom is -0.457 e. The standard InChI is InChI=1S/C23H31NO.Y/c25-18-22-15-14-21(20-12-8-4-5-9-13-20)16-23(22)24-17-19-10-6-2-1-3-7-11-19;/h14-16,19-20H,1-13H2;/q-2;. The van der Waals surface area contributed by atoms with Gasteiger partial charge in [0.15, 0.2) is 0 Å². The van der Waals surface area contributed by atoms with Crippen molar-refractivity contribution in [2.45, 2.75) is 89.4 Å². The maximum absolute atomic E-state index is 11.3. The van der Waals surface area contributed by atoms with Crippen LogP contribution < -0.4 is 0 Å². The minimum absolute atomic E-state index is 0. The van der Waals surface area contributed by atoms with Crippen molar-refractivity contribution in [3.8, 4) is 0 Å². The van der Waals surface area contributed by atoms with E-state index in [1.54, 1.807) is 0 Å². The van der Waals surface area contributed by atoms with Crippen LogP contribution in [0.15, 0.2) is 23.2 Å². The average molecular weight is 426 g/mol. The smallest absolute Gasteiger partial charge is 0.0587 e. The first-order chi connectivity index (χ1) is 12.4. The SMILES string of the molecule is O=[C-]c1ccc(C2CCCCCC2)cc1N=[C-]C1CCCCCCC1.[Y]. The Morgan fingerprint density at radius 1 is 0.808 bits per heavy atom. The van der Waals surface area contributed by atoms with Crippen molar-refractivity contribution in [2.24, 2.45) is 10.9 Å². The Labute approximate surface area is 184 Å². The average Bonchev–Trinajstić information content (AvgIpc) is 2.90. The van der Waals surface area contributed by atoms with Crippen molar-refractivity contribution in [1.82, 2.24) is 0 Å². The molecular formula is C23H31NOY-2. The van der Waals surface area contributed by atoms with Crippen molar-refractivity contribution in [1.29, 1.82) is 0 Å². The predicted octanol–water partition coefficient (Wildman–Crippen LogP) is 6.52. The molecular weight excluding hydrogens is 395 g/mol. The summed E-state index contributed by atoms with van der Waals surface area (Å²) < 4.78 is 0. The molecule has 2 saturated carbocycles. The van der Waals surface area contributed by atoms with Crippen LogP contribution in [0.5, 0.6) is 0 Å². The fourth-order valence-corrected chi connectivity index (χ4v) is 4.34. The first kappa shape index (κ1) is 22.0. The molecule has 0 heterocycles. The molecule has 3 rings (SSSR count). The molecule has 0 saturated heterocycles. The monoisotopic (exact) mass is 426 g/mol. The summed E-state index contributed by atoms with van der Waals surface area (Å²) in [4.78, 5) is 15.9. The number of hydrogen-bond acceptors (Lipinski definition) is 2. The van der Waals surface area contributed by atoms with Crippen LogP contribution >= 0.6 is 0 Å². The number of nitrogens with zero attached hydrogens (tertiary/aromatic N) is 1. The van der Waals surface area contributed by atoms with Crippen molar-refractivity contribution in [2.75, 3.05) is 0 Å². The van der Waals surface area contributed by atoms with Crippen LogP contribution in [0, 0.1) is 5.92 Å². The topological polar surface area (TPSA) is 29.4 Å². The van der Waals surface area contributed by atoms with Gasteiger partial charge in [-0.3, -0.25) is 0 Å². The molecule has 139 valence electrons. The Bertz CT molecular complexity index is 568. The van der Waals surface area contributed by atoms with E-state index in [-0.39, 0.29) is 32.7 Å². The van der Waals surface area contributed by atoms with E-state index in [0.717, 1.165) is 5.69 Å². The van der Waals surface area contributed by atoms with E-state index in [1.807, 2.05) is 6.07 Å². The van der Waals surface area contributed by atoms with Gasteiger partial charge in [0.25, 0.3) is 0 Å². The van der Waals surface area contributed by atoms with Crippen LogP contribution in [0.2, 0.25) is 0 Å². The van der Waals surface area contributed by atoms with Crippen LogP contribution in [0.1, 0.15) is 101 Å². The minimum atomic E-state index is 0. The van der Waals surface area contributed by atoms with Gasteiger partial charge in [-0.1, -0.05) is 82.1 Å². The first-order valence-electron chi connectivity index (χ1n) is 10.3. The third-order valence-corrected chi connectivity index (χ3v) is 5.93. The van der Waals surface area contributed by atoms with Crippen molar-refractivity contribution >= 4 is 18.2 Å². The molecule has 0 spiro atoms. The maximum atomic E-state index is 11.3. The molecule has 2 fully saturated rings. The van der Waals surface area contributed by atoms with Gasteiger partial charge in [-0.15, -0.1) is 17.8 Å². The quantitative estimate of drug-likeness (QED) is 0.306. The Morgan fingerprint density at radius 3 is 2.00 bits per heavy atom. The van der Waals surface area contributed by atoms with Gasteiger partial charge in [0.1, 0.15) is 0 Å². The summed E-state index contributed by atoms with van der Waals surface area (Å²) in [6.45, 7) is 0. The second-order valence-corrected chi connectivity index (χ2v) is 7.85. The molecule has 1 aromatic rings. The summed E-state index contributed by atoms with van der Waals surface area (Å²) in [5.74, 6) is 1.07. The molecule has 0 bridgehead atoms. The van der Waals surface area contributed by atoms with Crippen LogP contribution in [-0.4, -0.2) is 12.5 Å². The van der Waals surface area contributed by atoms with Gasteiger partial charge in [0.2, 0.25) is 0 Å². The molecule has 2 aliphatic carbocycles. The second-order valence-electron chi connectivity index (χ2n) is 7.85. The Balaban J connectivity index is 0.00000243. The molecule has 0 unspecified atom stereocenters. The molecule has 0 amide bonds. The molecule has 1 aromatic carbocycles. The van der Waals surface area contributed by atoms with E-state index in [4.69, 9.17) is 0 Å². The summed E-state index contributed by atoms with van der Waals surface area (Å²) in [5.41, 5.74) is 2.70. The third kappa shape index (κ3) is 6.68. The summed E-state index contributed by atoms with van der Waals surface area (Å²) in [7, 11) is 0. The fraction of sp³-hybridized carbons (Fsp3) is 0.652. The van der Waals surface area contributed by atoms with E-state index in [2.05, 4.69) is 29.6 Å². The summed E-state index contributed by atoms with van der Waals surface area (Å²) in [6.07, 6.45) is 22.3. The van der Waals surface area contributed by atoms with Gasteiger partial charge in [-0.25, -0.2) is 0 Å². The number of benzene rings is 1. The van der Waals surface area contributed by atoms with Crippen molar-refractivity contribution in [3.05, 3.63) is 29.3 Å². The molecule has 0 atom stereocenters. The van der Waals surface area contributed by atoms with Crippen LogP contribution in [0.3, 0.4) is 0 Å². The van der Waals surface area contributed by atoms with E-state index in [0.29, 0.717) is 17.4 Å². The zero-order chi connectivity index (χ0) is 17.3. The van der Waals surface area contributed by atoms with Gasteiger partial charge in [-0.05, 0) is 18.8 Å². The molecule has 26 heavy (non-hydrogen) atoms. The molecule has 0 N–H and O–H groups in total. The van der Waals surface area contributed by atoms with E-state index < -0.39 is 0 Å². The Morgan fingerprint density at radius 2 is 1.38 bits per heavy atom. The maximum Gasteiger partial charge on any atom is 0.0587 e. The normalized spacial score (nSPS) is 20.8. The zero-order valence-electron chi connectivity index (χ0n) is 16.0. The molecule has 1 radical (unpaired) electrons. The molecule has 0 aliphatic heterocycles. The van der Waals surface area contributed by atoms with Gasteiger partial charge >= 0.3 is 0 Å². The van der Waals surface area contributed by atoms with Crippen molar-refractivity contribution in [3.63, 3.8) is 0 Å². The van der Waals surface area contributed by atoms with Crippen LogP contribution in [-0.2, 0) is 37.5 Å². The van der Waals surface area contributed by atoms with Gasteiger partial charge in [0.05, 0.1) is 6.29 Å². The van der Waals surface area contributed by atoms with Crippen molar-refractivity contribution < 1.29 is 37.5 Å². The molecule has 2 nitrogen and oxygen atoms in total. The first-order valence-corrected chi connectivity index (χ1v) is 10.3. The van der Waals surface area contributed by atoms with Crippen LogP contribution in [0.4, 0.5) is 5.69 Å². The second kappa shape index (κ2) is 12.2. The zero-order valence-corrected chi connectivity index (χ0v) is 18.9. The van der Waals surface area contributed by atoms with Crippen LogP contribution in [0.25, 0.3) is 0 Å². The largest absolute Gasteiger partial charge is 0.457 e.